The number of hydrogen-bond acceptors (Lipinski definition) is 6. The van der Waals surface area contributed by atoms with Gasteiger partial charge in [-0.05, 0) is 56.3 Å². The average molecular weight is 409 g/mol. The molecule has 0 fully saturated rings. The third-order valence-electron chi connectivity index (χ3n) is 3.62. The zero-order chi connectivity index (χ0) is 20.7. The first-order valence-electron chi connectivity index (χ1n) is 8.50. The molecule has 0 saturated carbocycles. The number of carbonyl (C=O) groups is 2. The van der Waals surface area contributed by atoms with Gasteiger partial charge in [-0.15, -0.1) is 0 Å². The lowest BCUT2D eigenvalue weighted by atomic mass is 10.2. The summed E-state index contributed by atoms with van der Waals surface area (Å²) in [5.41, 5.74) is 0.199. The Balaban J connectivity index is 2.50. The monoisotopic (exact) mass is 409 g/mol. The summed E-state index contributed by atoms with van der Waals surface area (Å²) in [7, 11) is -4.23. The van der Waals surface area contributed by atoms with Crippen LogP contribution in [-0.2, 0) is 24.3 Å². The first-order chi connectivity index (χ1) is 13.3. The molecule has 0 radical (unpaired) electrons. The number of benzene rings is 2. The quantitative estimate of drug-likeness (QED) is 0.623. The normalized spacial score (nSPS) is 11.0. The molecule has 2 aromatic rings. The summed E-state index contributed by atoms with van der Waals surface area (Å²) in [5.74, 6) is -1.99. The molecule has 9 heteroatoms. The van der Waals surface area contributed by atoms with Gasteiger partial charge in [0.05, 0.1) is 29.4 Å². The summed E-state index contributed by atoms with van der Waals surface area (Å²) in [6, 6.07) is 9.88. The summed E-state index contributed by atoms with van der Waals surface area (Å²) in [6.45, 7) is 2.86. The Bertz CT molecular complexity index is 943. The van der Waals surface area contributed by atoms with E-state index in [1.165, 1.54) is 24.3 Å². The molecular formula is C19H20FNO6S. The van der Waals surface area contributed by atoms with E-state index < -0.39 is 34.3 Å². The molecule has 28 heavy (non-hydrogen) atoms. The molecule has 7 nitrogen and oxygen atoms in total. The van der Waals surface area contributed by atoms with E-state index in [1.807, 2.05) is 0 Å². The molecule has 0 spiro atoms. The Hall–Kier alpha value is -2.94. The number of sulfonamides is 1. The molecule has 0 aliphatic heterocycles. The van der Waals surface area contributed by atoms with E-state index in [0.29, 0.717) is 0 Å². The number of halogens is 1. The predicted octanol–water partition coefficient (Wildman–Crippen LogP) is 2.76. The van der Waals surface area contributed by atoms with Crippen LogP contribution in [0.2, 0.25) is 0 Å². The van der Waals surface area contributed by atoms with Crippen LogP contribution < -0.4 is 4.31 Å². The van der Waals surface area contributed by atoms with Crippen LogP contribution in [0, 0.1) is 5.82 Å². The van der Waals surface area contributed by atoms with Crippen molar-refractivity contribution in [2.45, 2.75) is 18.7 Å². The van der Waals surface area contributed by atoms with E-state index in [1.54, 1.807) is 13.8 Å². The summed E-state index contributed by atoms with van der Waals surface area (Å²) in [5, 5.41) is 0. The molecule has 2 aromatic carbocycles. The van der Waals surface area contributed by atoms with E-state index >= 15 is 0 Å². The standard InChI is InChI=1S/C19H20FNO6S/c1-3-26-18(22)13-21(28(24,25)17-10-8-15(20)9-11-17)16-7-5-6-14(12-16)19(23)27-4-2/h5-12H,3-4,13H2,1-2H3. The maximum atomic E-state index is 13.2. The fourth-order valence-electron chi connectivity index (χ4n) is 2.38. The van der Waals surface area contributed by atoms with Crippen molar-refractivity contribution in [2.24, 2.45) is 0 Å². The molecule has 150 valence electrons. The maximum absolute atomic E-state index is 13.2. The molecule has 0 saturated heterocycles. The number of hydrogen-bond donors (Lipinski definition) is 0. The smallest absolute Gasteiger partial charge is 0.338 e. The largest absolute Gasteiger partial charge is 0.465 e. The zero-order valence-electron chi connectivity index (χ0n) is 15.4. The van der Waals surface area contributed by atoms with Gasteiger partial charge >= 0.3 is 11.9 Å². The minimum atomic E-state index is -4.23. The van der Waals surface area contributed by atoms with Crippen molar-refractivity contribution in [3.05, 3.63) is 59.9 Å². The van der Waals surface area contributed by atoms with Crippen molar-refractivity contribution in [3.63, 3.8) is 0 Å². The van der Waals surface area contributed by atoms with Gasteiger partial charge in [0, 0.05) is 0 Å². The van der Waals surface area contributed by atoms with Crippen molar-refractivity contribution in [1.29, 1.82) is 0 Å². The second kappa shape index (κ2) is 9.32. The highest BCUT2D eigenvalue weighted by Crippen LogP contribution is 2.25. The highest BCUT2D eigenvalue weighted by molar-refractivity contribution is 7.92. The van der Waals surface area contributed by atoms with Crippen molar-refractivity contribution < 1.29 is 31.9 Å². The number of nitrogens with zero attached hydrogens (tertiary/aromatic N) is 1. The van der Waals surface area contributed by atoms with Gasteiger partial charge < -0.3 is 9.47 Å². The minimum absolute atomic E-state index is 0.0722. The lowest BCUT2D eigenvalue weighted by Gasteiger charge is -2.24. The zero-order valence-corrected chi connectivity index (χ0v) is 16.2. The van der Waals surface area contributed by atoms with Crippen molar-refractivity contribution >= 4 is 27.6 Å². The third kappa shape index (κ3) is 5.07. The fraction of sp³-hybridized carbons (Fsp3) is 0.263. The van der Waals surface area contributed by atoms with Gasteiger partial charge in [0.25, 0.3) is 10.0 Å². The van der Waals surface area contributed by atoms with Gasteiger partial charge in [-0.1, -0.05) is 6.07 Å². The predicted molar refractivity (Wildman–Crippen MR) is 100.0 cm³/mol. The number of anilines is 1. The molecule has 0 N–H and O–H groups in total. The minimum Gasteiger partial charge on any atom is -0.465 e. The van der Waals surface area contributed by atoms with Gasteiger partial charge in [-0.2, -0.15) is 0 Å². The van der Waals surface area contributed by atoms with Gasteiger partial charge in [0.15, 0.2) is 0 Å². The molecule has 0 atom stereocenters. The highest BCUT2D eigenvalue weighted by atomic mass is 32.2. The Labute approximate surface area is 162 Å². The Morgan fingerprint density at radius 2 is 1.64 bits per heavy atom. The van der Waals surface area contributed by atoms with Crippen molar-refractivity contribution in [2.75, 3.05) is 24.1 Å². The molecule has 0 aliphatic carbocycles. The number of rotatable bonds is 8. The van der Waals surface area contributed by atoms with Crippen molar-refractivity contribution in [3.8, 4) is 0 Å². The van der Waals surface area contributed by atoms with Gasteiger partial charge in [0.2, 0.25) is 0 Å². The second-order valence-corrected chi connectivity index (χ2v) is 7.40. The summed E-state index contributed by atoms with van der Waals surface area (Å²) < 4.78 is 49.9. The maximum Gasteiger partial charge on any atom is 0.338 e. The van der Waals surface area contributed by atoms with E-state index in [-0.39, 0.29) is 29.4 Å². The molecule has 0 unspecified atom stereocenters. The van der Waals surface area contributed by atoms with Crippen LogP contribution in [0.3, 0.4) is 0 Å². The van der Waals surface area contributed by atoms with Gasteiger partial charge in [-0.25, -0.2) is 17.6 Å². The van der Waals surface area contributed by atoms with Crippen LogP contribution in [-0.4, -0.2) is 40.1 Å². The molecule has 0 bridgehead atoms. The van der Waals surface area contributed by atoms with E-state index in [2.05, 4.69) is 0 Å². The molecule has 0 aromatic heterocycles. The van der Waals surface area contributed by atoms with E-state index in [0.717, 1.165) is 28.6 Å². The van der Waals surface area contributed by atoms with Crippen LogP contribution in [0.1, 0.15) is 24.2 Å². The summed E-state index contributed by atoms with van der Waals surface area (Å²) in [6.07, 6.45) is 0. The van der Waals surface area contributed by atoms with Crippen molar-refractivity contribution in [1.82, 2.24) is 0 Å². The second-order valence-electron chi connectivity index (χ2n) is 5.54. The Morgan fingerprint density at radius 3 is 2.25 bits per heavy atom. The number of ether oxygens (including phenoxy) is 2. The van der Waals surface area contributed by atoms with E-state index in [9.17, 15) is 22.4 Å². The highest BCUT2D eigenvalue weighted by Gasteiger charge is 2.28. The van der Waals surface area contributed by atoms with Gasteiger partial charge in [0.1, 0.15) is 12.4 Å². The Kier molecular flexibility index (Phi) is 7.11. The van der Waals surface area contributed by atoms with Crippen LogP contribution >= 0.6 is 0 Å². The van der Waals surface area contributed by atoms with Crippen LogP contribution in [0.25, 0.3) is 0 Å². The summed E-state index contributed by atoms with van der Waals surface area (Å²) in [4.78, 5) is 23.8. The lowest BCUT2D eigenvalue weighted by Crippen LogP contribution is -2.36. The number of esters is 2. The van der Waals surface area contributed by atoms with Gasteiger partial charge in [-0.3, -0.25) is 9.10 Å². The average Bonchev–Trinajstić information content (AvgIpc) is 2.67. The lowest BCUT2D eigenvalue weighted by molar-refractivity contribution is -0.141. The molecule has 0 aliphatic rings. The topological polar surface area (TPSA) is 90.0 Å². The third-order valence-corrected chi connectivity index (χ3v) is 5.41. The van der Waals surface area contributed by atoms with Crippen LogP contribution in [0.4, 0.5) is 10.1 Å². The first kappa shape index (κ1) is 21.4. The number of carbonyl (C=O) groups excluding carboxylic acids is 2. The molecule has 0 heterocycles. The molecular weight excluding hydrogens is 389 g/mol. The molecule has 0 amide bonds. The fourth-order valence-corrected chi connectivity index (χ4v) is 3.78. The Morgan fingerprint density at radius 1 is 1.00 bits per heavy atom. The molecule has 2 rings (SSSR count). The summed E-state index contributed by atoms with van der Waals surface area (Å²) >= 11 is 0. The van der Waals surface area contributed by atoms with Crippen LogP contribution in [0.5, 0.6) is 0 Å². The SMILES string of the molecule is CCOC(=O)CN(c1cccc(C(=O)OCC)c1)S(=O)(=O)c1ccc(F)cc1. The van der Waals surface area contributed by atoms with Crippen LogP contribution in [0.15, 0.2) is 53.4 Å². The first-order valence-corrected chi connectivity index (χ1v) is 9.94. The van der Waals surface area contributed by atoms with E-state index in [4.69, 9.17) is 9.47 Å².